The molecule has 1 heterocycles. The summed E-state index contributed by atoms with van der Waals surface area (Å²) < 4.78 is 5.13. The van der Waals surface area contributed by atoms with E-state index in [0.29, 0.717) is 6.54 Å². The molecule has 1 amide bonds. The Kier molecular flexibility index (Phi) is 6.96. The molecular formula is C18H22N2O3S. The Labute approximate surface area is 145 Å². The third-order valence-corrected chi connectivity index (χ3v) is 4.70. The number of nitrogens with one attached hydrogen (secondary N) is 1. The number of nitrogens with two attached hydrogens (primary N) is 1. The van der Waals surface area contributed by atoms with Crippen LogP contribution in [0.3, 0.4) is 0 Å². The van der Waals surface area contributed by atoms with Gasteiger partial charge in [0, 0.05) is 9.75 Å². The predicted octanol–water partition coefficient (Wildman–Crippen LogP) is 2.39. The first kappa shape index (κ1) is 18.2. The maximum Gasteiger partial charge on any atom is 0.308 e. The number of carbonyl (C=O) groups excluding carboxylic acids is 2. The van der Waals surface area contributed by atoms with Gasteiger partial charge < -0.3 is 15.8 Å². The molecule has 0 aliphatic carbocycles. The molecule has 0 radical (unpaired) electrons. The van der Waals surface area contributed by atoms with Crippen LogP contribution in [0.4, 0.5) is 0 Å². The van der Waals surface area contributed by atoms with Crippen LogP contribution in [0.5, 0.6) is 0 Å². The number of amides is 1. The fraction of sp³-hybridized carbons (Fsp3) is 0.333. The second kappa shape index (κ2) is 9.20. The Bertz CT molecular complexity index is 670. The summed E-state index contributed by atoms with van der Waals surface area (Å²) in [6.07, 6.45) is 0.842. The molecule has 0 unspecified atom stereocenters. The Morgan fingerprint density at radius 3 is 2.54 bits per heavy atom. The minimum Gasteiger partial charge on any atom is -0.461 e. The van der Waals surface area contributed by atoms with E-state index in [1.165, 1.54) is 4.88 Å². The highest BCUT2D eigenvalue weighted by molar-refractivity contribution is 7.11. The number of hydrogen-bond acceptors (Lipinski definition) is 5. The van der Waals surface area contributed by atoms with Crippen LogP contribution in [-0.4, -0.2) is 17.9 Å². The quantitative estimate of drug-likeness (QED) is 0.719. The molecule has 0 bridgehead atoms. The summed E-state index contributed by atoms with van der Waals surface area (Å²) >= 11 is 1.66. The van der Waals surface area contributed by atoms with E-state index < -0.39 is 12.0 Å². The first-order chi connectivity index (χ1) is 11.6. The van der Waals surface area contributed by atoms with Gasteiger partial charge in [-0.3, -0.25) is 9.59 Å². The number of thiophene rings is 1. The summed E-state index contributed by atoms with van der Waals surface area (Å²) in [5.74, 6) is -0.830. The molecule has 0 saturated carbocycles. The first-order valence-electron chi connectivity index (χ1n) is 7.89. The van der Waals surface area contributed by atoms with E-state index in [-0.39, 0.29) is 18.9 Å². The SMILES string of the molecule is CCc1ccc(CNC(=O)[C@@H](N)CC(=O)OCc2ccccc2)s1. The van der Waals surface area contributed by atoms with Gasteiger partial charge in [-0.25, -0.2) is 0 Å². The molecule has 0 aliphatic rings. The summed E-state index contributed by atoms with van der Waals surface area (Å²) in [5.41, 5.74) is 6.67. The zero-order valence-corrected chi connectivity index (χ0v) is 14.5. The van der Waals surface area contributed by atoms with Crippen molar-refractivity contribution in [2.75, 3.05) is 0 Å². The number of aryl methyl sites for hydroxylation is 1. The van der Waals surface area contributed by atoms with E-state index in [1.54, 1.807) is 11.3 Å². The van der Waals surface area contributed by atoms with E-state index >= 15 is 0 Å². The topological polar surface area (TPSA) is 81.4 Å². The normalized spacial score (nSPS) is 11.8. The lowest BCUT2D eigenvalue weighted by Gasteiger charge is -2.11. The van der Waals surface area contributed by atoms with Crippen LogP contribution >= 0.6 is 11.3 Å². The predicted molar refractivity (Wildman–Crippen MR) is 94.4 cm³/mol. The van der Waals surface area contributed by atoms with Gasteiger partial charge in [-0.15, -0.1) is 11.3 Å². The van der Waals surface area contributed by atoms with Gasteiger partial charge in [0.25, 0.3) is 0 Å². The molecule has 5 nitrogen and oxygen atoms in total. The number of rotatable bonds is 8. The molecule has 1 atom stereocenters. The summed E-state index contributed by atoms with van der Waals surface area (Å²) in [6, 6.07) is 12.5. The van der Waals surface area contributed by atoms with E-state index in [9.17, 15) is 9.59 Å². The molecule has 0 saturated heterocycles. The second-order valence-electron chi connectivity index (χ2n) is 5.40. The van der Waals surface area contributed by atoms with Gasteiger partial charge in [0.2, 0.25) is 5.91 Å². The Balaban J connectivity index is 1.71. The fourth-order valence-corrected chi connectivity index (χ4v) is 2.98. The van der Waals surface area contributed by atoms with Crippen molar-refractivity contribution < 1.29 is 14.3 Å². The monoisotopic (exact) mass is 346 g/mol. The third-order valence-electron chi connectivity index (χ3n) is 3.47. The van der Waals surface area contributed by atoms with Crippen molar-refractivity contribution in [3.63, 3.8) is 0 Å². The third kappa shape index (κ3) is 5.79. The number of carbonyl (C=O) groups is 2. The van der Waals surface area contributed by atoms with Gasteiger partial charge in [0.15, 0.2) is 0 Å². The lowest BCUT2D eigenvalue weighted by Crippen LogP contribution is -2.41. The standard InChI is InChI=1S/C18H22N2O3S/c1-2-14-8-9-15(24-14)11-20-18(22)16(19)10-17(21)23-12-13-6-4-3-5-7-13/h3-9,16H,2,10-12,19H2,1H3,(H,20,22)/t16-/m0/s1. The maximum absolute atomic E-state index is 12.0. The summed E-state index contributed by atoms with van der Waals surface area (Å²) in [7, 11) is 0. The lowest BCUT2D eigenvalue weighted by molar-refractivity contribution is -0.146. The maximum atomic E-state index is 12.0. The molecule has 1 aromatic heterocycles. The zero-order valence-electron chi connectivity index (χ0n) is 13.7. The van der Waals surface area contributed by atoms with Crippen molar-refractivity contribution in [3.05, 3.63) is 57.8 Å². The molecule has 0 aliphatic heterocycles. The molecule has 6 heteroatoms. The molecule has 24 heavy (non-hydrogen) atoms. The van der Waals surface area contributed by atoms with Crippen molar-refractivity contribution in [1.29, 1.82) is 0 Å². The zero-order chi connectivity index (χ0) is 17.4. The van der Waals surface area contributed by atoms with E-state index in [4.69, 9.17) is 10.5 Å². The van der Waals surface area contributed by atoms with Gasteiger partial charge in [-0.2, -0.15) is 0 Å². The fourth-order valence-electron chi connectivity index (χ4n) is 2.08. The Hall–Kier alpha value is -2.18. The number of esters is 1. The van der Waals surface area contributed by atoms with Crippen LogP contribution in [0.15, 0.2) is 42.5 Å². The number of ether oxygens (including phenoxy) is 1. The van der Waals surface area contributed by atoms with Gasteiger partial charge in [0.1, 0.15) is 6.61 Å². The van der Waals surface area contributed by atoms with Crippen LogP contribution in [0, 0.1) is 0 Å². The number of hydrogen-bond donors (Lipinski definition) is 2. The molecule has 3 N–H and O–H groups in total. The molecule has 2 aromatic rings. The molecule has 128 valence electrons. The van der Waals surface area contributed by atoms with Crippen LogP contribution in [-0.2, 0) is 33.9 Å². The highest BCUT2D eigenvalue weighted by atomic mass is 32.1. The van der Waals surface area contributed by atoms with Crippen molar-refractivity contribution in [3.8, 4) is 0 Å². The van der Waals surface area contributed by atoms with Gasteiger partial charge in [-0.05, 0) is 24.1 Å². The second-order valence-corrected chi connectivity index (χ2v) is 6.65. The Morgan fingerprint density at radius 2 is 1.88 bits per heavy atom. The molecule has 1 aromatic carbocycles. The minimum absolute atomic E-state index is 0.136. The largest absolute Gasteiger partial charge is 0.461 e. The molecular weight excluding hydrogens is 324 g/mol. The minimum atomic E-state index is -0.904. The smallest absolute Gasteiger partial charge is 0.308 e. The van der Waals surface area contributed by atoms with Crippen LogP contribution in [0.2, 0.25) is 0 Å². The summed E-state index contributed by atoms with van der Waals surface area (Å²) in [4.78, 5) is 26.1. The van der Waals surface area contributed by atoms with Crippen molar-refractivity contribution in [2.45, 2.75) is 39.0 Å². The lowest BCUT2D eigenvalue weighted by atomic mass is 10.2. The highest BCUT2D eigenvalue weighted by Crippen LogP contribution is 2.16. The molecule has 2 rings (SSSR count). The van der Waals surface area contributed by atoms with Gasteiger partial charge in [0.05, 0.1) is 19.0 Å². The van der Waals surface area contributed by atoms with Crippen molar-refractivity contribution in [1.82, 2.24) is 5.32 Å². The van der Waals surface area contributed by atoms with Crippen LogP contribution in [0.1, 0.15) is 28.7 Å². The average molecular weight is 346 g/mol. The summed E-state index contributed by atoms with van der Waals surface area (Å²) in [6.45, 7) is 2.70. The van der Waals surface area contributed by atoms with Crippen molar-refractivity contribution in [2.24, 2.45) is 5.73 Å². The highest BCUT2D eigenvalue weighted by Gasteiger charge is 2.18. The average Bonchev–Trinajstić information content (AvgIpc) is 3.07. The van der Waals surface area contributed by atoms with Crippen molar-refractivity contribution >= 4 is 23.2 Å². The van der Waals surface area contributed by atoms with Gasteiger partial charge >= 0.3 is 5.97 Å². The Morgan fingerprint density at radius 1 is 1.17 bits per heavy atom. The first-order valence-corrected chi connectivity index (χ1v) is 8.70. The number of benzene rings is 1. The van der Waals surface area contributed by atoms with E-state index in [1.807, 2.05) is 42.5 Å². The van der Waals surface area contributed by atoms with Crippen LogP contribution in [0.25, 0.3) is 0 Å². The summed E-state index contributed by atoms with van der Waals surface area (Å²) in [5, 5.41) is 2.75. The van der Waals surface area contributed by atoms with Gasteiger partial charge in [-0.1, -0.05) is 37.3 Å². The molecule has 0 fully saturated rings. The van der Waals surface area contributed by atoms with E-state index in [0.717, 1.165) is 16.9 Å². The molecule has 0 spiro atoms. The van der Waals surface area contributed by atoms with Crippen LogP contribution < -0.4 is 11.1 Å². The van der Waals surface area contributed by atoms with E-state index in [2.05, 4.69) is 12.2 Å².